The van der Waals surface area contributed by atoms with Crippen molar-refractivity contribution in [2.75, 3.05) is 6.54 Å². The van der Waals surface area contributed by atoms with Crippen LogP contribution in [-0.2, 0) is 11.2 Å². The maximum atomic E-state index is 13.6. The number of nitrogens with one attached hydrogen (secondary N) is 2. The summed E-state index contributed by atoms with van der Waals surface area (Å²) in [5.74, 6) is 0.394. The number of piperidine rings is 1. The van der Waals surface area contributed by atoms with Crippen molar-refractivity contribution in [3.63, 3.8) is 0 Å². The van der Waals surface area contributed by atoms with Gasteiger partial charge in [0.05, 0.1) is 0 Å². The van der Waals surface area contributed by atoms with Crippen molar-refractivity contribution in [2.24, 2.45) is 0 Å². The third kappa shape index (κ3) is 5.25. The van der Waals surface area contributed by atoms with Crippen molar-refractivity contribution in [3.05, 3.63) is 35.5 Å². The van der Waals surface area contributed by atoms with E-state index in [2.05, 4.69) is 27.7 Å². The highest BCUT2D eigenvalue weighted by molar-refractivity contribution is 5.85. The van der Waals surface area contributed by atoms with E-state index in [1.54, 1.807) is 19.1 Å². The molecule has 3 rings (SSSR count). The highest BCUT2D eigenvalue weighted by atomic mass is 35.5. The molecule has 1 amide bonds. The van der Waals surface area contributed by atoms with Crippen LogP contribution in [0.1, 0.15) is 37.6 Å². The number of hydrogen-bond donors (Lipinski definition) is 2. The van der Waals surface area contributed by atoms with Crippen molar-refractivity contribution < 1.29 is 13.7 Å². The molecule has 0 saturated carbocycles. The molecular weight excluding hydrogens is 359 g/mol. The molecule has 0 radical (unpaired) electrons. The summed E-state index contributed by atoms with van der Waals surface area (Å²) in [6, 6.07) is 5.45. The van der Waals surface area contributed by atoms with Gasteiger partial charge in [-0.3, -0.25) is 4.79 Å². The molecule has 1 saturated heterocycles. The molecule has 1 aliphatic rings. The Morgan fingerprint density at radius 1 is 1.46 bits per heavy atom. The molecule has 6 nitrogen and oxygen atoms in total. The first-order chi connectivity index (χ1) is 12.0. The van der Waals surface area contributed by atoms with E-state index >= 15 is 0 Å². The minimum atomic E-state index is -0.306. The molecule has 0 spiro atoms. The van der Waals surface area contributed by atoms with Gasteiger partial charge in [0.15, 0.2) is 0 Å². The first-order valence-corrected chi connectivity index (χ1v) is 8.63. The summed E-state index contributed by atoms with van der Waals surface area (Å²) in [6.45, 7) is 4.74. The normalized spacial score (nSPS) is 19.7. The summed E-state index contributed by atoms with van der Waals surface area (Å²) >= 11 is 0. The zero-order chi connectivity index (χ0) is 17.8. The summed E-state index contributed by atoms with van der Waals surface area (Å²) in [4.78, 5) is 16.3. The third-order valence-electron chi connectivity index (χ3n) is 4.45. The Labute approximate surface area is 158 Å². The van der Waals surface area contributed by atoms with Crippen molar-refractivity contribution in [2.45, 2.75) is 51.6 Å². The van der Waals surface area contributed by atoms with E-state index in [-0.39, 0.29) is 30.2 Å². The maximum absolute atomic E-state index is 13.6. The second-order valence-electron chi connectivity index (χ2n) is 6.62. The second kappa shape index (κ2) is 9.09. The number of amides is 1. The third-order valence-corrected chi connectivity index (χ3v) is 4.45. The SMILES string of the molecule is Cc1ccc(-c2noc(CCC(=O)NC3CCNC(C)C3)n2)cc1F.Cl. The van der Waals surface area contributed by atoms with Crippen LogP contribution in [0.5, 0.6) is 0 Å². The average Bonchev–Trinajstić information content (AvgIpc) is 3.04. The van der Waals surface area contributed by atoms with Crippen LogP contribution in [0.2, 0.25) is 0 Å². The van der Waals surface area contributed by atoms with Gasteiger partial charge < -0.3 is 15.2 Å². The first kappa shape index (κ1) is 20.3. The summed E-state index contributed by atoms with van der Waals surface area (Å²) in [5, 5.41) is 10.3. The number of rotatable bonds is 5. The number of benzene rings is 1. The van der Waals surface area contributed by atoms with Gasteiger partial charge in [0.2, 0.25) is 17.6 Å². The summed E-state index contributed by atoms with van der Waals surface area (Å²) in [6.07, 6.45) is 2.55. The van der Waals surface area contributed by atoms with Gasteiger partial charge in [-0.1, -0.05) is 17.3 Å². The Balaban J connectivity index is 0.00000243. The highest BCUT2D eigenvalue weighted by Crippen LogP contribution is 2.19. The number of carbonyl (C=O) groups excluding carboxylic acids is 1. The van der Waals surface area contributed by atoms with Crippen molar-refractivity contribution in [1.29, 1.82) is 0 Å². The highest BCUT2D eigenvalue weighted by Gasteiger charge is 2.20. The maximum Gasteiger partial charge on any atom is 0.227 e. The van der Waals surface area contributed by atoms with Crippen LogP contribution in [0, 0.1) is 12.7 Å². The van der Waals surface area contributed by atoms with E-state index < -0.39 is 0 Å². The Bertz CT molecular complexity index is 753. The fourth-order valence-corrected chi connectivity index (χ4v) is 2.99. The molecule has 2 N–H and O–H groups in total. The van der Waals surface area contributed by atoms with Gasteiger partial charge in [-0.25, -0.2) is 4.39 Å². The Morgan fingerprint density at radius 2 is 2.27 bits per heavy atom. The molecule has 0 bridgehead atoms. The monoisotopic (exact) mass is 382 g/mol. The minimum absolute atomic E-state index is 0. The Kier molecular flexibility index (Phi) is 7.11. The standard InChI is InChI=1S/C18H23FN4O2.ClH/c1-11-3-4-13(10-15(11)19)18-22-17(25-23-18)6-5-16(24)21-14-7-8-20-12(2)9-14;/h3-4,10,12,14,20H,5-9H2,1-2H3,(H,21,24);1H. The van der Waals surface area contributed by atoms with E-state index in [1.165, 1.54) is 6.07 Å². The zero-order valence-electron chi connectivity index (χ0n) is 14.9. The lowest BCUT2D eigenvalue weighted by molar-refractivity contribution is -0.122. The predicted octanol–water partition coefficient (Wildman–Crippen LogP) is 2.80. The number of carbonyl (C=O) groups is 1. The van der Waals surface area contributed by atoms with E-state index in [0.29, 0.717) is 41.7 Å². The molecule has 2 heterocycles. The van der Waals surface area contributed by atoms with Crippen LogP contribution in [0.25, 0.3) is 11.4 Å². The quantitative estimate of drug-likeness (QED) is 0.831. The van der Waals surface area contributed by atoms with Gasteiger partial charge in [-0.2, -0.15) is 4.98 Å². The lowest BCUT2D eigenvalue weighted by Gasteiger charge is -2.28. The average molecular weight is 383 g/mol. The van der Waals surface area contributed by atoms with Gasteiger partial charge >= 0.3 is 0 Å². The second-order valence-corrected chi connectivity index (χ2v) is 6.62. The topological polar surface area (TPSA) is 80.0 Å². The molecule has 1 aromatic carbocycles. The molecule has 26 heavy (non-hydrogen) atoms. The van der Waals surface area contributed by atoms with Crippen LogP contribution in [0.4, 0.5) is 4.39 Å². The predicted molar refractivity (Wildman–Crippen MR) is 98.6 cm³/mol. The smallest absolute Gasteiger partial charge is 0.227 e. The fourth-order valence-electron chi connectivity index (χ4n) is 2.99. The number of hydrogen-bond acceptors (Lipinski definition) is 5. The number of aryl methyl sites for hydroxylation is 2. The van der Waals surface area contributed by atoms with Crippen molar-refractivity contribution in [3.8, 4) is 11.4 Å². The number of halogens is 2. The van der Waals surface area contributed by atoms with Crippen molar-refractivity contribution in [1.82, 2.24) is 20.8 Å². The molecule has 0 aliphatic carbocycles. The lowest BCUT2D eigenvalue weighted by atomic mass is 10.0. The molecule has 8 heteroatoms. The molecule has 2 atom stereocenters. The van der Waals surface area contributed by atoms with E-state index in [4.69, 9.17) is 4.52 Å². The summed E-state index contributed by atoms with van der Waals surface area (Å²) in [7, 11) is 0. The minimum Gasteiger partial charge on any atom is -0.353 e. The Morgan fingerprint density at radius 3 is 3.00 bits per heavy atom. The molecule has 1 aliphatic heterocycles. The van der Waals surface area contributed by atoms with Gasteiger partial charge in [0.25, 0.3) is 0 Å². The number of nitrogens with zero attached hydrogens (tertiary/aromatic N) is 2. The van der Waals surface area contributed by atoms with Crippen LogP contribution in [-0.4, -0.2) is 34.7 Å². The molecule has 1 fully saturated rings. The van der Waals surface area contributed by atoms with Crippen LogP contribution in [0.15, 0.2) is 22.7 Å². The fraction of sp³-hybridized carbons (Fsp3) is 0.500. The zero-order valence-corrected chi connectivity index (χ0v) is 15.7. The molecule has 2 aromatic rings. The molecule has 1 aromatic heterocycles. The summed E-state index contributed by atoms with van der Waals surface area (Å²) < 4.78 is 18.8. The van der Waals surface area contributed by atoms with E-state index in [1.807, 2.05) is 0 Å². The number of aromatic nitrogens is 2. The van der Waals surface area contributed by atoms with Crippen LogP contribution < -0.4 is 10.6 Å². The molecular formula is C18H24ClFN4O2. The molecule has 2 unspecified atom stereocenters. The molecule has 142 valence electrons. The van der Waals surface area contributed by atoms with Gasteiger partial charge in [0, 0.05) is 30.5 Å². The Hall–Kier alpha value is -1.99. The van der Waals surface area contributed by atoms with Gasteiger partial charge in [0.1, 0.15) is 5.82 Å². The van der Waals surface area contributed by atoms with Gasteiger partial charge in [-0.15, -0.1) is 12.4 Å². The van der Waals surface area contributed by atoms with Crippen molar-refractivity contribution >= 4 is 18.3 Å². The van der Waals surface area contributed by atoms with Gasteiger partial charge in [-0.05, 0) is 44.9 Å². The van der Waals surface area contributed by atoms with Crippen LogP contribution >= 0.6 is 12.4 Å². The van der Waals surface area contributed by atoms with Crippen LogP contribution in [0.3, 0.4) is 0 Å². The largest absolute Gasteiger partial charge is 0.353 e. The lowest BCUT2D eigenvalue weighted by Crippen LogP contribution is -2.46. The van der Waals surface area contributed by atoms with E-state index in [9.17, 15) is 9.18 Å². The first-order valence-electron chi connectivity index (χ1n) is 8.63. The van der Waals surface area contributed by atoms with E-state index in [0.717, 1.165) is 19.4 Å². The summed E-state index contributed by atoms with van der Waals surface area (Å²) in [5.41, 5.74) is 1.13.